The number of amides is 1. The van der Waals surface area contributed by atoms with Crippen LogP contribution in [0.5, 0.6) is 0 Å². The van der Waals surface area contributed by atoms with Crippen LogP contribution in [0, 0.1) is 0 Å². The van der Waals surface area contributed by atoms with Gasteiger partial charge in [0.05, 0.1) is 23.5 Å². The highest BCUT2D eigenvalue weighted by atomic mass is 35.5. The minimum Gasteiger partial charge on any atom is -0.395 e. The Balaban J connectivity index is 1.38. The molecule has 1 aromatic carbocycles. The minimum atomic E-state index is -0.296. The maximum absolute atomic E-state index is 12.5. The Bertz CT molecular complexity index is 1040. The number of nitrogens with zero attached hydrogens (tertiary/aromatic N) is 6. The topological polar surface area (TPSA) is 119 Å². The van der Waals surface area contributed by atoms with Crippen LogP contribution in [0.3, 0.4) is 0 Å². The molecule has 162 valence electrons. The van der Waals surface area contributed by atoms with Gasteiger partial charge in [0, 0.05) is 32.7 Å². The van der Waals surface area contributed by atoms with E-state index in [1.54, 1.807) is 24.3 Å². The van der Waals surface area contributed by atoms with Gasteiger partial charge < -0.3 is 15.3 Å². The summed E-state index contributed by atoms with van der Waals surface area (Å²) in [5, 5.41) is 15.8. The summed E-state index contributed by atoms with van der Waals surface area (Å²) < 4.78 is 0. The molecule has 2 aromatic heterocycles. The van der Waals surface area contributed by atoms with E-state index in [1.807, 2.05) is 0 Å². The van der Waals surface area contributed by atoms with E-state index in [0.717, 1.165) is 26.2 Å². The molecular formula is C19H21ClN8O2S. The number of benzene rings is 1. The smallest absolute Gasteiger partial charge is 0.267 e. The van der Waals surface area contributed by atoms with E-state index in [9.17, 15) is 4.79 Å². The Labute approximate surface area is 187 Å². The third-order valence-electron chi connectivity index (χ3n) is 4.70. The molecule has 0 spiro atoms. The molecular weight excluding hydrogens is 440 g/mol. The molecule has 0 saturated carbocycles. The molecule has 31 heavy (non-hydrogen) atoms. The second-order valence-electron chi connectivity index (χ2n) is 6.75. The summed E-state index contributed by atoms with van der Waals surface area (Å²) in [6, 6.07) is 7.04. The summed E-state index contributed by atoms with van der Waals surface area (Å²) in [6.45, 7) is 4.05. The quantitative estimate of drug-likeness (QED) is 0.486. The molecule has 0 aliphatic carbocycles. The number of carbonyl (C=O) groups excluding carboxylic acids is 1. The Kier molecular flexibility index (Phi) is 6.87. The molecule has 3 N–H and O–H groups in total. The van der Waals surface area contributed by atoms with Crippen LogP contribution >= 0.6 is 22.9 Å². The molecule has 3 heterocycles. The maximum atomic E-state index is 12.5. The van der Waals surface area contributed by atoms with Gasteiger partial charge in [-0.3, -0.25) is 15.0 Å². The predicted octanol–water partition coefficient (Wildman–Crippen LogP) is 2.09. The standard InChI is InChI=1S/C19H21ClN8O2S/c20-13-3-1-2-4-14(13)24-16(30)15-11-21-19(31-15)26-17-22-12-23-18(25-17)28-7-5-27(6-8-28)9-10-29/h1-4,11-12,29H,5-10H2,(H,24,30)(H,21,22,23,25,26). The largest absolute Gasteiger partial charge is 0.395 e. The van der Waals surface area contributed by atoms with E-state index in [2.05, 4.69) is 40.4 Å². The lowest BCUT2D eigenvalue weighted by molar-refractivity contribution is 0.103. The number of thiazole rings is 1. The maximum Gasteiger partial charge on any atom is 0.267 e. The normalized spacial score (nSPS) is 14.5. The van der Waals surface area contributed by atoms with Crippen LogP contribution < -0.4 is 15.5 Å². The SMILES string of the molecule is O=C(Nc1ccccc1Cl)c1cnc(Nc2ncnc(N3CCN(CCO)CC3)n2)s1. The Morgan fingerprint density at radius 1 is 1.16 bits per heavy atom. The minimum absolute atomic E-state index is 0.159. The molecule has 12 heteroatoms. The van der Waals surface area contributed by atoms with Gasteiger partial charge in [-0.2, -0.15) is 4.98 Å². The van der Waals surface area contributed by atoms with Crippen molar-refractivity contribution < 1.29 is 9.90 Å². The highest BCUT2D eigenvalue weighted by molar-refractivity contribution is 7.17. The lowest BCUT2D eigenvalue weighted by atomic mass is 10.3. The van der Waals surface area contributed by atoms with Crippen molar-refractivity contribution in [1.82, 2.24) is 24.8 Å². The monoisotopic (exact) mass is 460 g/mol. The lowest BCUT2D eigenvalue weighted by Gasteiger charge is -2.34. The molecule has 0 unspecified atom stereocenters. The fraction of sp³-hybridized carbons (Fsp3) is 0.316. The second-order valence-corrected chi connectivity index (χ2v) is 8.19. The first kappa shape index (κ1) is 21.4. The first-order chi connectivity index (χ1) is 15.1. The van der Waals surface area contributed by atoms with Crippen LogP contribution in [0.4, 0.5) is 22.7 Å². The van der Waals surface area contributed by atoms with E-state index in [4.69, 9.17) is 16.7 Å². The molecule has 0 bridgehead atoms. The van der Waals surface area contributed by atoms with Gasteiger partial charge in [0.2, 0.25) is 11.9 Å². The van der Waals surface area contributed by atoms with Gasteiger partial charge in [-0.1, -0.05) is 35.1 Å². The highest BCUT2D eigenvalue weighted by Crippen LogP contribution is 2.25. The van der Waals surface area contributed by atoms with Crippen molar-refractivity contribution in [3.8, 4) is 0 Å². The fourth-order valence-corrected chi connectivity index (χ4v) is 3.98. The van der Waals surface area contributed by atoms with Crippen LogP contribution in [-0.4, -0.2) is 75.2 Å². The van der Waals surface area contributed by atoms with Gasteiger partial charge in [0.25, 0.3) is 5.91 Å². The number of rotatable bonds is 7. The molecule has 4 rings (SSSR count). The van der Waals surface area contributed by atoms with Crippen molar-refractivity contribution in [3.63, 3.8) is 0 Å². The number of halogens is 1. The van der Waals surface area contributed by atoms with E-state index < -0.39 is 0 Å². The number of hydrogen-bond acceptors (Lipinski definition) is 10. The van der Waals surface area contributed by atoms with Crippen molar-refractivity contribution in [3.05, 3.63) is 46.7 Å². The molecule has 0 atom stereocenters. The summed E-state index contributed by atoms with van der Waals surface area (Å²) in [5.74, 6) is 0.639. The van der Waals surface area contributed by atoms with Crippen LogP contribution in [0.15, 0.2) is 36.8 Å². The highest BCUT2D eigenvalue weighted by Gasteiger charge is 2.19. The van der Waals surface area contributed by atoms with Crippen molar-refractivity contribution in [2.45, 2.75) is 0 Å². The molecule has 1 fully saturated rings. The summed E-state index contributed by atoms with van der Waals surface area (Å²) in [6.07, 6.45) is 2.94. The third kappa shape index (κ3) is 5.44. The molecule has 3 aromatic rings. The summed E-state index contributed by atoms with van der Waals surface area (Å²) in [5.41, 5.74) is 0.540. The molecule has 1 amide bonds. The Morgan fingerprint density at radius 3 is 2.74 bits per heavy atom. The Hall–Kier alpha value is -2.86. The van der Waals surface area contributed by atoms with Crippen molar-refractivity contribution in [1.29, 1.82) is 0 Å². The van der Waals surface area contributed by atoms with E-state index >= 15 is 0 Å². The zero-order valence-electron chi connectivity index (χ0n) is 16.5. The summed E-state index contributed by atoms with van der Waals surface area (Å²) in [4.78, 5) is 34.3. The average molecular weight is 461 g/mol. The number of aliphatic hydroxyl groups is 1. The van der Waals surface area contributed by atoms with E-state index in [-0.39, 0.29) is 12.5 Å². The number of aromatic nitrogens is 4. The number of para-hydroxylation sites is 1. The number of piperazine rings is 1. The summed E-state index contributed by atoms with van der Waals surface area (Å²) >= 11 is 7.28. The molecule has 0 radical (unpaired) electrons. The number of hydrogen-bond donors (Lipinski definition) is 3. The van der Waals surface area contributed by atoms with E-state index in [0.29, 0.717) is 39.2 Å². The zero-order valence-corrected chi connectivity index (χ0v) is 18.1. The Morgan fingerprint density at radius 2 is 1.97 bits per heavy atom. The van der Waals surface area contributed by atoms with Crippen LogP contribution in [-0.2, 0) is 0 Å². The third-order valence-corrected chi connectivity index (χ3v) is 5.94. The van der Waals surface area contributed by atoms with Gasteiger partial charge in [-0.25, -0.2) is 15.0 Å². The van der Waals surface area contributed by atoms with Gasteiger partial charge in [-0.05, 0) is 12.1 Å². The number of carbonyl (C=O) groups is 1. The number of aliphatic hydroxyl groups excluding tert-OH is 1. The average Bonchev–Trinajstić information content (AvgIpc) is 3.25. The second kappa shape index (κ2) is 9.96. The van der Waals surface area contributed by atoms with Crippen molar-refractivity contribution in [2.24, 2.45) is 0 Å². The fourth-order valence-electron chi connectivity index (χ4n) is 3.09. The zero-order chi connectivity index (χ0) is 21.6. The van der Waals surface area contributed by atoms with Gasteiger partial charge in [-0.15, -0.1) is 0 Å². The summed E-state index contributed by atoms with van der Waals surface area (Å²) in [7, 11) is 0. The van der Waals surface area contributed by atoms with Gasteiger partial charge in [0.1, 0.15) is 11.2 Å². The van der Waals surface area contributed by atoms with Crippen LogP contribution in [0.25, 0.3) is 0 Å². The number of nitrogens with one attached hydrogen (secondary N) is 2. The first-order valence-corrected chi connectivity index (χ1v) is 10.9. The van der Waals surface area contributed by atoms with Crippen molar-refractivity contribution in [2.75, 3.05) is 54.9 Å². The molecule has 1 aliphatic rings. The van der Waals surface area contributed by atoms with Crippen LogP contribution in [0.2, 0.25) is 5.02 Å². The number of anilines is 4. The van der Waals surface area contributed by atoms with Crippen molar-refractivity contribution >= 4 is 51.6 Å². The first-order valence-electron chi connectivity index (χ1n) is 9.68. The molecule has 10 nitrogen and oxygen atoms in total. The lowest BCUT2D eigenvalue weighted by Crippen LogP contribution is -2.47. The molecule has 1 aliphatic heterocycles. The van der Waals surface area contributed by atoms with Gasteiger partial charge in [0.15, 0.2) is 5.13 Å². The number of β-amino-alcohol motifs (C(OH)–C–C–N with tert-alkyl or cyclic N) is 1. The van der Waals surface area contributed by atoms with E-state index in [1.165, 1.54) is 23.9 Å². The van der Waals surface area contributed by atoms with Crippen LogP contribution in [0.1, 0.15) is 9.67 Å². The molecule has 1 saturated heterocycles. The predicted molar refractivity (Wildman–Crippen MR) is 120 cm³/mol. The van der Waals surface area contributed by atoms with Gasteiger partial charge >= 0.3 is 0 Å².